The zero-order valence-electron chi connectivity index (χ0n) is 14.8. The fraction of sp³-hybridized carbons (Fsp3) is 0.0455. The normalized spacial score (nSPS) is 11.1. The molecule has 0 aliphatic heterocycles. The van der Waals surface area contributed by atoms with E-state index in [1.807, 2.05) is 90.6 Å². The van der Waals surface area contributed by atoms with Crippen molar-refractivity contribution in [2.75, 3.05) is 0 Å². The first-order valence-electron chi connectivity index (χ1n) is 8.62. The minimum Gasteiger partial charge on any atom is -0.350 e. The fourth-order valence-electron chi connectivity index (χ4n) is 2.95. The van der Waals surface area contributed by atoms with Gasteiger partial charge in [-0.25, -0.2) is 10.4 Å². The average molecular weight is 354 g/mol. The lowest BCUT2D eigenvalue weighted by Crippen LogP contribution is -2.18. The van der Waals surface area contributed by atoms with E-state index in [-0.39, 0.29) is 5.91 Å². The molecule has 1 N–H and O–H groups in total. The Kier molecular flexibility index (Phi) is 4.49. The van der Waals surface area contributed by atoms with Gasteiger partial charge in [-0.2, -0.15) is 5.10 Å². The first-order valence-corrected chi connectivity index (χ1v) is 8.62. The summed E-state index contributed by atoms with van der Waals surface area (Å²) in [4.78, 5) is 17.5. The fourth-order valence-corrected chi connectivity index (χ4v) is 2.95. The number of aromatic nitrogens is 2. The third-order valence-electron chi connectivity index (χ3n) is 4.38. The third-order valence-corrected chi connectivity index (χ3v) is 4.38. The number of hydrogen-bond acceptors (Lipinski definition) is 3. The third kappa shape index (κ3) is 3.48. The maximum Gasteiger partial charge on any atom is 0.272 e. The van der Waals surface area contributed by atoms with Crippen LogP contribution in [0, 0.1) is 0 Å². The molecule has 0 fully saturated rings. The number of pyridine rings is 1. The van der Waals surface area contributed by atoms with Crippen LogP contribution in [0.25, 0.3) is 22.2 Å². The summed E-state index contributed by atoms with van der Waals surface area (Å²) in [5.41, 5.74) is 6.56. The second kappa shape index (κ2) is 7.25. The number of benzene rings is 2. The summed E-state index contributed by atoms with van der Waals surface area (Å²) in [6, 6.07) is 23.1. The van der Waals surface area contributed by atoms with Crippen molar-refractivity contribution in [3.63, 3.8) is 0 Å². The first kappa shape index (κ1) is 16.7. The average Bonchev–Trinajstić information content (AvgIpc) is 3.12. The van der Waals surface area contributed by atoms with E-state index in [1.165, 1.54) is 0 Å². The number of carbonyl (C=O) groups excluding carboxylic acids is 1. The summed E-state index contributed by atoms with van der Waals surface area (Å²) in [7, 11) is 1.92. The second-order valence-corrected chi connectivity index (χ2v) is 6.18. The van der Waals surface area contributed by atoms with Crippen LogP contribution < -0.4 is 5.43 Å². The van der Waals surface area contributed by atoms with Crippen LogP contribution in [0.1, 0.15) is 16.1 Å². The minimum atomic E-state index is -0.267. The van der Waals surface area contributed by atoms with Crippen LogP contribution in [0.15, 0.2) is 84.1 Å². The van der Waals surface area contributed by atoms with Crippen LogP contribution in [0.4, 0.5) is 0 Å². The lowest BCUT2D eigenvalue weighted by Gasteiger charge is -2.09. The molecule has 0 radical (unpaired) electrons. The van der Waals surface area contributed by atoms with Gasteiger partial charge in [-0.1, -0.05) is 48.5 Å². The molecule has 0 spiro atoms. The number of para-hydroxylation sites is 1. The molecular weight excluding hydrogens is 336 g/mol. The largest absolute Gasteiger partial charge is 0.350 e. The smallest absolute Gasteiger partial charge is 0.272 e. The zero-order chi connectivity index (χ0) is 18.6. The Morgan fingerprint density at radius 2 is 1.81 bits per heavy atom. The molecule has 4 rings (SSSR count). The Labute approximate surface area is 157 Å². The van der Waals surface area contributed by atoms with Crippen LogP contribution in [-0.4, -0.2) is 21.7 Å². The van der Waals surface area contributed by atoms with E-state index in [0.29, 0.717) is 5.56 Å². The maximum absolute atomic E-state index is 12.8. The molecule has 0 bridgehead atoms. The quantitative estimate of drug-likeness (QED) is 0.445. The van der Waals surface area contributed by atoms with E-state index in [9.17, 15) is 4.79 Å². The number of hydrogen-bond donors (Lipinski definition) is 1. The SMILES string of the molecule is Cn1cccc1C=NNC(=O)c1cc(-c2ccccc2)nc2ccccc12. The highest BCUT2D eigenvalue weighted by Crippen LogP contribution is 2.24. The molecule has 132 valence electrons. The lowest BCUT2D eigenvalue weighted by molar-refractivity contribution is 0.0956. The molecule has 1 amide bonds. The van der Waals surface area contributed by atoms with Gasteiger partial charge in [0.2, 0.25) is 0 Å². The predicted molar refractivity (Wildman–Crippen MR) is 108 cm³/mol. The molecule has 2 aromatic carbocycles. The van der Waals surface area contributed by atoms with Crippen LogP contribution in [0.3, 0.4) is 0 Å². The molecule has 2 heterocycles. The summed E-state index contributed by atoms with van der Waals surface area (Å²) >= 11 is 0. The lowest BCUT2D eigenvalue weighted by atomic mass is 10.0. The van der Waals surface area contributed by atoms with Crippen molar-refractivity contribution in [3.8, 4) is 11.3 Å². The Morgan fingerprint density at radius 3 is 2.59 bits per heavy atom. The number of amides is 1. The van der Waals surface area contributed by atoms with Gasteiger partial charge in [-0.3, -0.25) is 4.79 Å². The monoisotopic (exact) mass is 354 g/mol. The van der Waals surface area contributed by atoms with Crippen LogP contribution >= 0.6 is 0 Å². The highest BCUT2D eigenvalue weighted by molar-refractivity contribution is 6.07. The Balaban J connectivity index is 1.70. The molecule has 0 atom stereocenters. The van der Waals surface area contributed by atoms with E-state index in [2.05, 4.69) is 10.5 Å². The summed E-state index contributed by atoms with van der Waals surface area (Å²) in [5, 5.41) is 4.89. The number of carbonyl (C=O) groups is 1. The summed E-state index contributed by atoms with van der Waals surface area (Å²) in [6.45, 7) is 0. The van der Waals surface area contributed by atoms with Gasteiger partial charge in [-0.15, -0.1) is 0 Å². The summed E-state index contributed by atoms with van der Waals surface area (Å²) < 4.78 is 1.92. The Hall–Kier alpha value is -3.73. The van der Waals surface area contributed by atoms with E-state index in [0.717, 1.165) is 27.9 Å². The molecule has 0 unspecified atom stereocenters. The van der Waals surface area contributed by atoms with Crippen LogP contribution in [0.2, 0.25) is 0 Å². The molecular formula is C22H18N4O. The van der Waals surface area contributed by atoms with E-state index in [1.54, 1.807) is 6.21 Å². The molecule has 5 heteroatoms. The number of nitrogens with one attached hydrogen (secondary N) is 1. The van der Waals surface area contributed by atoms with Gasteiger partial charge in [0.05, 0.1) is 28.7 Å². The molecule has 2 aromatic heterocycles. The Morgan fingerprint density at radius 1 is 1.04 bits per heavy atom. The van der Waals surface area contributed by atoms with Crippen molar-refractivity contribution in [3.05, 3.63) is 90.3 Å². The van der Waals surface area contributed by atoms with E-state index < -0.39 is 0 Å². The van der Waals surface area contributed by atoms with Crippen molar-refractivity contribution in [1.29, 1.82) is 0 Å². The number of hydrazone groups is 1. The maximum atomic E-state index is 12.8. The number of aryl methyl sites for hydroxylation is 1. The van der Waals surface area contributed by atoms with Gasteiger partial charge in [0, 0.05) is 24.2 Å². The predicted octanol–water partition coefficient (Wildman–Crippen LogP) is 4.00. The van der Waals surface area contributed by atoms with Crippen molar-refractivity contribution >= 4 is 23.0 Å². The van der Waals surface area contributed by atoms with Gasteiger partial charge in [0.25, 0.3) is 5.91 Å². The first-order chi connectivity index (χ1) is 13.2. The zero-order valence-corrected chi connectivity index (χ0v) is 14.8. The molecule has 0 saturated heterocycles. The minimum absolute atomic E-state index is 0.267. The standard InChI is InChI=1S/C22H18N4O/c1-26-13-7-10-17(26)15-23-25-22(27)19-14-21(16-8-3-2-4-9-16)24-20-12-6-5-11-18(19)20/h2-15H,1H3,(H,25,27). The Bertz CT molecular complexity index is 1130. The molecule has 5 nitrogen and oxygen atoms in total. The van der Waals surface area contributed by atoms with E-state index in [4.69, 9.17) is 4.98 Å². The molecule has 4 aromatic rings. The van der Waals surface area contributed by atoms with Crippen molar-refractivity contribution < 1.29 is 4.79 Å². The van der Waals surface area contributed by atoms with Gasteiger partial charge < -0.3 is 4.57 Å². The second-order valence-electron chi connectivity index (χ2n) is 6.18. The van der Waals surface area contributed by atoms with E-state index >= 15 is 0 Å². The van der Waals surface area contributed by atoms with Crippen LogP contribution in [-0.2, 0) is 7.05 Å². The molecule has 27 heavy (non-hydrogen) atoms. The van der Waals surface area contributed by atoms with Crippen molar-refractivity contribution in [2.45, 2.75) is 0 Å². The van der Waals surface area contributed by atoms with Crippen LogP contribution in [0.5, 0.6) is 0 Å². The molecule has 0 saturated carbocycles. The highest BCUT2D eigenvalue weighted by Gasteiger charge is 2.13. The van der Waals surface area contributed by atoms with Gasteiger partial charge in [-0.05, 0) is 24.3 Å². The van der Waals surface area contributed by atoms with Gasteiger partial charge in [0.15, 0.2) is 0 Å². The molecule has 0 aliphatic rings. The van der Waals surface area contributed by atoms with Gasteiger partial charge in [0.1, 0.15) is 0 Å². The number of fused-ring (bicyclic) bond motifs is 1. The molecule has 0 aliphatic carbocycles. The summed E-state index contributed by atoms with van der Waals surface area (Å²) in [6.07, 6.45) is 3.55. The van der Waals surface area contributed by atoms with Gasteiger partial charge >= 0.3 is 0 Å². The van der Waals surface area contributed by atoms with Crippen molar-refractivity contribution in [1.82, 2.24) is 15.0 Å². The summed E-state index contributed by atoms with van der Waals surface area (Å²) in [5.74, 6) is -0.267. The highest BCUT2D eigenvalue weighted by atomic mass is 16.2. The number of rotatable bonds is 4. The number of nitrogens with zero attached hydrogens (tertiary/aromatic N) is 3. The topological polar surface area (TPSA) is 59.3 Å². The van der Waals surface area contributed by atoms with Crippen molar-refractivity contribution in [2.24, 2.45) is 12.1 Å².